The van der Waals surface area contributed by atoms with Crippen LogP contribution >= 0.6 is 22.2 Å². The maximum atomic E-state index is 13.2. The number of ether oxygens (including phenoxy) is 1. The molecule has 194 valence electrons. The lowest BCUT2D eigenvalue weighted by molar-refractivity contribution is -0.141. The molecule has 1 amide bonds. The summed E-state index contributed by atoms with van der Waals surface area (Å²) >= 11 is 6.11. The Kier molecular flexibility index (Phi) is 7.81. The van der Waals surface area contributed by atoms with Gasteiger partial charge >= 0.3 is 6.18 Å². The van der Waals surface area contributed by atoms with Gasteiger partial charge in [-0.15, -0.1) is 0 Å². The van der Waals surface area contributed by atoms with Crippen molar-refractivity contribution in [3.8, 4) is 11.6 Å². The molecule has 1 fully saturated rings. The molecule has 3 N–H and O–H groups in total. The highest BCUT2D eigenvalue weighted by Crippen LogP contribution is 2.40. The van der Waals surface area contributed by atoms with Gasteiger partial charge < -0.3 is 10.1 Å². The van der Waals surface area contributed by atoms with Crippen molar-refractivity contribution < 1.29 is 31.8 Å². The number of amides is 1. The highest BCUT2D eigenvalue weighted by molar-refractivity contribution is 8.24. The largest absolute Gasteiger partial charge is 0.467 e. The number of anilines is 1. The van der Waals surface area contributed by atoms with Crippen molar-refractivity contribution in [3.63, 3.8) is 0 Å². The van der Waals surface area contributed by atoms with Crippen LogP contribution in [0.3, 0.4) is 0 Å². The summed E-state index contributed by atoms with van der Waals surface area (Å²) in [7, 11) is -2.45. The quantitative estimate of drug-likeness (QED) is 0.381. The molecule has 0 spiro atoms. The molecule has 36 heavy (non-hydrogen) atoms. The van der Waals surface area contributed by atoms with Gasteiger partial charge in [-0.05, 0) is 29.8 Å². The van der Waals surface area contributed by atoms with E-state index in [1.165, 1.54) is 12.1 Å². The van der Waals surface area contributed by atoms with Gasteiger partial charge in [0.15, 0.2) is 12.3 Å². The Morgan fingerprint density at radius 2 is 1.78 bits per heavy atom. The molecule has 0 radical (unpaired) electrons. The standard InChI is InChI=1S/C23H24ClF3N4O4S/c24-18-3-1-2-4-19(18)31-22(13-20(29-31)23(25,26)27)35-15-21(32)28-17-7-5-16(6-8-17)14-30-9-11-36(33,34)12-10-30/h1-8,13,33-34H,9-12,14-15H2,(H,28,32). The van der Waals surface area contributed by atoms with E-state index in [4.69, 9.17) is 16.3 Å². The van der Waals surface area contributed by atoms with Gasteiger partial charge in [0.2, 0.25) is 5.88 Å². The fourth-order valence-electron chi connectivity index (χ4n) is 3.61. The van der Waals surface area contributed by atoms with Crippen molar-refractivity contribution in [1.82, 2.24) is 14.7 Å². The van der Waals surface area contributed by atoms with Crippen LogP contribution in [-0.4, -0.2) is 60.9 Å². The zero-order valence-corrected chi connectivity index (χ0v) is 20.5. The van der Waals surface area contributed by atoms with E-state index in [9.17, 15) is 27.1 Å². The normalized spacial score (nSPS) is 16.9. The van der Waals surface area contributed by atoms with Crippen molar-refractivity contribution in [2.75, 3.05) is 36.5 Å². The minimum Gasteiger partial charge on any atom is -0.467 e. The molecule has 3 aromatic rings. The highest BCUT2D eigenvalue weighted by atomic mass is 35.5. The zero-order chi connectivity index (χ0) is 25.9. The van der Waals surface area contributed by atoms with E-state index in [0.717, 1.165) is 10.2 Å². The van der Waals surface area contributed by atoms with Crippen LogP contribution < -0.4 is 10.1 Å². The molecular formula is C23H24ClF3N4O4S. The van der Waals surface area contributed by atoms with E-state index in [1.54, 1.807) is 24.3 Å². The van der Waals surface area contributed by atoms with Crippen LogP contribution in [0.5, 0.6) is 5.88 Å². The van der Waals surface area contributed by atoms with Crippen LogP contribution in [0.15, 0.2) is 54.6 Å². The Morgan fingerprint density at radius 1 is 1.11 bits per heavy atom. The van der Waals surface area contributed by atoms with Crippen LogP contribution in [0.1, 0.15) is 11.3 Å². The number of halogens is 4. The second-order valence-electron chi connectivity index (χ2n) is 8.25. The average Bonchev–Trinajstić information content (AvgIpc) is 3.25. The first-order chi connectivity index (χ1) is 17.0. The zero-order valence-electron chi connectivity index (χ0n) is 18.9. The van der Waals surface area contributed by atoms with Gasteiger partial charge in [0.25, 0.3) is 5.91 Å². The Bertz CT molecular complexity index is 1210. The Balaban J connectivity index is 1.37. The summed E-state index contributed by atoms with van der Waals surface area (Å²) in [4.78, 5) is 14.5. The van der Waals surface area contributed by atoms with Crippen LogP contribution in [0, 0.1) is 0 Å². The number of benzene rings is 2. The van der Waals surface area contributed by atoms with Gasteiger partial charge in [0.1, 0.15) is 0 Å². The van der Waals surface area contributed by atoms with Crippen molar-refractivity contribution >= 4 is 33.8 Å². The highest BCUT2D eigenvalue weighted by Gasteiger charge is 2.36. The van der Waals surface area contributed by atoms with E-state index in [-0.39, 0.29) is 16.6 Å². The Labute approximate surface area is 212 Å². The van der Waals surface area contributed by atoms with Gasteiger partial charge in [-0.1, -0.05) is 35.9 Å². The first-order valence-electron chi connectivity index (χ1n) is 10.9. The molecule has 2 aromatic carbocycles. The van der Waals surface area contributed by atoms with Crippen LogP contribution in [0.4, 0.5) is 18.9 Å². The number of hydrogen-bond donors (Lipinski definition) is 3. The molecule has 1 saturated heterocycles. The second-order valence-corrected chi connectivity index (χ2v) is 11.1. The molecule has 2 heterocycles. The fourth-order valence-corrected chi connectivity index (χ4v) is 5.13. The molecule has 1 aliphatic rings. The third-order valence-electron chi connectivity index (χ3n) is 5.51. The van der Waals surface area contributed by atoms with E-state index in [1.807, 2.05) is 12.1 Å². The van der Waals surface area contributed by atoms with E-state index >= 15 is 0 Å². The van der Waals surface area contributed by atoms with Gasteiger partial charge in [-0.3, -0.25) is 18.8 Å². The van der Waals surface area contributed by atoms with Gasteiger partial charge in [0.05, 0.1) is 22.2 Å². The Hall–Kier alpha value is -2.77. The molecule has 0 aliphatic carbocycles. The summed E-state index contributed by atoms with van der Waals surface area (Å²) in [5.41, 5.74) is 0.494. The first kappa shape index (κ1) is 26.3. The monoisotopic (exact) mass is 544 g/mol. The molecule has 1 aromatic heterocycles. The van der Waals surface area contributed by atoms with Crippen LogP contribution in [0.25, 0.3) is 5.69 Å². The summed E-state index contributed by atoms with van der Waals surface area (Å²) < 4.78 is 65.4. The summed E-state index contributed by atoms with van der Waals surface area (Å²) in [5, 5.41) is 6.37. The molecule has 0 bridgehead atoms. The van der Waals surface area contributed by atoms with Crippen molar-refractivity contribution in [2.45, 2.75) is 12.7 Å². The van der Waals surface area contributed by atoms with E-state index < -0.39 is 35.0 Å². The predicted molar refractivity (Wildman–Crippen MR) is 132 cm³/mol. The third-order valence-corrected chi connectivity index (χ3v) is 7.50. The maximum absolute atomic E-state index is 13.2. The van der Waals surface area contributed by atoms with Crippen LogP contribution in [0.2, 0.25) is 5.02 Å². The number of carbonyl (C=O) groups is 1. The molecule has 13 heteroatoms. The lowest BCUT2D eigenvalue weighted by Gasteiger charge is -2.41. The van der Waals surface area contributed by atoms with Crippen molar-refractivity contribution in [2.24, 2.45) is 0 Å². The number of alkyl halides is 3. The van der Waals surface area contributed by atoms with Crippen molar-refractivity contribution in [3.05, 3.63) is 70.9 Å². The smallest absolute Gasteiger partial charge is 0.435 e. The minimum atomic E-state index is -4.71. The molecule has 1 aliphatic heterocycles. The molecule has 0 atom stereocenters. The summed E-state index contributed by atoms with van der Waals surface area (Å²) in [6.07, 6.45) is -4.71. The number of carbonyl (C=O) groups excluding carboxylic acids is 1. The first-order valence-corrected chi connectivity index (χ1v) is 13.2. The maximum Gasteiger partial charge on any atom is 0.435 e. The molecule has 0 unspecified atom stereocenters. The lowest BCUT2D eigenvalue weighted by Crippen LogP contribution is -2.37. The Morgan fingerprint density at radius 3 is 2.42 bits per heavy atom. The topological polar surface area (TPSA) is 99.9 Å². The SMILES string of the molecule is O=C(COc1cc(C(F)(F)F)nn1-c1ccccc1Cl)Nc1ccc(CN2CCS(O)(O)CC2)cc1. The summed E-state index contributed by atoms with van der Waals surface area (Å²) in [6.45, 7) is 1.29. The summed E-state index contributed by atoms with van der Waals surface area (Å²) in [5.74, 6) is -0.120. The number of nitrogens with zero attached hydrogens (tertiary/aromatic N) is 3. The number of para-hydroxylation sites is 1. The lowest BCUT2D eigenvalue weighted by atomic mass is 10.2. The van der Waals surface area contributed by atoms with E-state index in [0.29, 0.717) is 42.9 Å². The van der Waals surface area contributed by atoms with Crippen molar-refractivity contribution in [1.29, 1.82) is 0 Å². The van der Waals surface area contributed by atoms with Gasteiger partial charge in [-0.2, -0.15) is 33.5 Å². The third kappa shape index (κ3) is 6.71. The van der Waals surface area contributed by atoms with Gasteiger partial charge in [-0.25, -0.2) is 0 Å². The number of aromatic nitrogens is 2. The molecular weight excluding hydrogens is 521 g/mol. The number of nitrogens with one attached hydrogen (secondary N) is 1. The number of rotatable bonds is 7. The molecule has 0 saturated carbocycles. The second kappa shape index (κ2) is 10.7. The van der Waals surface area contributed by atoms with E-state index in [2.05, 4.69) is 15.3 Å². The van der Waals surface area contributed by atoms with Gasteiger partial charge in [0, 0.05) is 31.4 Å². The predicted octanol–water partition coefficient (Wildman–Crippen LogP) is 5.13. The average molecular weight is 545 g/mol. The summed E-state index contributed by atoms with van der Waals surface area (Å²) in [6, 6.07) is 14.0. The van der Waals surface area contributed by atoms with Crippen LogP contribution in [-0.2, 0) is 17.5 Å². The fraction of sp³-hybridized carbons (Fsp3) is 0.304. The minimum absolute atomic E-state index is 0.168. The molecule has 8 nitrogen and oxygen atoms in total. The molecule has 4 rings (SSSR count). The number of hydrogen-bond acceptors (Lipinski definition) is 6.